The third-order valence-electron chi connectivity index (χ3n) is 6.13. The van der Waals surface area contributed by atoms with Gasteiger partial charge in [0.05, 0.1) is 12.5 Å². The van der Waals surface area contributed by atoms with Gasteiger partial charge < -0.3 is 18.8 Å². The molecule has 0 aromatic carbocycles. The molecule has 1 aromatic heterocycles. The molecule has 3 fully saturated rings. The van der Waals surface area contributed by atoms with Gasteiger partial charge in [-0.05, 0) is 66.2 Å². The van der Waals surface area contributed by atoms with Gasteiger partial charge >= 0.3 is 18.0 Å². The summed E-state index contributed by atoms with van der Waals surface area (Å²) in [6.07, 6.45) is 3.00. The minimum Gasteiger partial charge on any atom is -0.460 e. The maximum atomic E-state index is 13.2. The largest absolute Gasteiger partial charge is 0.460 e. The van der Waals surface area contributed by atoms with Gasteiger partial charge in [0.25, 0.3) is 0 Å². The first-order valence-corrected chi connectivity index (χ1v) is 11.8. The fraction of sp³-hybridized carbons (Fsp3) is 0.783. The molecule has 4 rings (SSSR count). The minimum atomic E-state index is -0.628. The van der Waals surface area contributed by atoms with Gasteiger partial charge in [-0.3, -0.25) is 9.63 Å². The molecule has 3 heterocycles. The summed E-state index contributed by atoms with van der Waals surface area (Å²) in [6.45, 7) is 10.9. The maximum absolute atomic E-state index is 13.2. The quantitative estimate of drug-likeness (QED) is 0.544. The molecular weight excluding hydrogens is 444 g/mol. The van der Waals surface area contributed by atoms with Crippen LogP contribution in [0.1, 0.15) is 85.0 Å². The van der Waals surface area contributed by atoms with E-state index in [0.717, 1.165) is 12.8 Å². The molecule has 2 aliphatic heterocycles. The number of aromatic nitrogens is 2. The number of esters is 2. The molecule has 1 aliphatic carbocycles. The zero-order chi connectivity index (χ0) is 24.9. The highest BCUT2D eigenvalue weighted by Crippen LogP contribution is 2.61. The predicted molar refractivity (Wildman–Crippen MR) is 117 cm³/mol. The van der Waals surface area contributed by atoms with E-state index in [1.807, 2.05) is 20.8 Å². The van der Waals surface area contributed by atoms with Crippen molar-refractivity contribution in [1.29, 1.82) is 0 Å². The Morgan fingerprint density at radius 3 is 2.32 bits per heavy atom. The molecule has 0 N–H and O–H groups in total. The van der Waals surface area contributed by atoms with Crippen LogP contribution in [0.25, 0.3) is 0 Å². The van der Waals surface area contributed by atoms with E-state index >= 15 is 0 Å². The third-order valence-corrected chi connectivity index (χ3v) is 6.13. The van der Waals surface area contributed by atoms with E-state index in [1.54, 1.807) is 25.7 Å². The van der Waals surface area contributed by atoms with Crippen molar-refractivity contribution in [3.05, 3.63) is 11.8 Å². The fourth-order valence-corrected chi connectivity index (χ4v) is 4.59. The van der Waals surface area contributed by atoms with Gasteiger partial charge in [-0.1, -0.05) is 0 Å². The average Bonchev–Trinajstić information content (AvgIpc) is 3.18. The number of rotatable bonds is 7. The second kappa shape index (κ2) is 8.51. The molecule has 2 saturated heterocycles. The van der Waals surface area contributed by atoms with E-state index in [9.17, 15) is 14.4 Å². The first kappa shape index (κ1) is 24.4. The fourth-order valence-electron chi connectivity index (χ4n) is 4.59. The summed E-state index contributed by atoms with van der Waals surface area (Å²) in [7, 11) is 0. The van der Waals surface area contributed by atoms with Crippen LogP contribution in [-0.4, -0.2) is 68.5 Å². The van der Waals surface area contributed by atoms with Crippen LogP contribution in [0, 0.1) is 5.41 Å². The summed E-state index contributed by atoms with van der Waals surface area (Å²) in [5, 5.41) is 9.59. The number of hydroxylamine groups is 2. The standard InChI is InChI=1S/C23H34N4O7/c1-21(2,3)33-17(28)8-7-16-24-25-19(32-16)14-11-23(9-10-23)15-12-26(14)20(30)27(15)31-13-18(29)34-22(4,5)6/h14-15H,7-13H2,1-6H3/t14-,15-/m0/s1. The molecule has 2 amide bonds. The molecule has 188 valence electrons. The van der Waals surface area contributed by atoms with Crippen molar-refractivity contribution in [2.24, 2.45) is 5.41 Å². The lowest BCUT2D eigenvalue weighted by Crippen LogP contribution is -2.43. The monoisotopic (exact) mass is 478 g/mol. The summed E-state index contributed by atoms with van der Waals surface area (Å²) in [6, 6.07) is -0.826. The molecule has 1 saturated carbocycles. The van der Waals surface area contributed by atoms with Gasteiger partial charge in [0.2, 0.25) is 11.8 Å². The topological polar surface area (TPSA) is 124 Å². The Labute approximate surface area is 199 Å². The number of ether oxygens (including phenoxy) is 2. The van der Waals surface area contributed by atoms with Crippen LogP contribution >= 0.6 is 0 Å². The third kappa shape index (κ3) is 5.34. The average molecular weight is 479 g/mol. The Morgan fingerprint density at radius 2 is 1.71 bits per heavy atom. The Morgan fingerprint density at radius 1 is 1.06 bits per heavy atom. The lowest BCUT2D eigenvalue weighted by Gasteiger charge is -2.35. The highest BCUT2D eigenvalue weighted by molar-refractivity contribution is 5.78. The van der Waals surface area contributed by atoms with Crippen LogP contribution < -0.4 is 0 Å². The molecule has 0 unspecified atom stereocenters. The lowest BCUT2D eigenvalue weighted by atomic mass is 9.85. The molecule has 3 aliphatic rings. The van der Waals surface area contributed by atoms with Crippen LogP contribution in [0.4, 0.5) is 4.79 Å². The number of amides is 2. The normalized spacial score (nSPS) is 23.4. The summed E-state index contributed by atoms with van der Waals surface area (Å²) < 4.78 is 16.5. The second-order valence-electron chi connectivity index (χ2n) is 11.3. The number of carbonyl (C=O) groups excluding carboxylic acids is 3. The maximum Gasteiger partial charge on any atom is 0.345 e. The van der Waals surface area contributed by atoms with Crippen molar-refractivity contribution in [3.63, 3.8) is 0 Å². The zero-order valence-corrected chi connectivity index (χ0v) is 20.8. The zero-order valence-electron chi connectivity index (χ0n) is 20.8. The van der Waals surface area contributed by atoms with E-state index in [4.69, 9.17) is 18.7 Å². The number of nitrogens with zero attached hydrogens (tertiary/aromatic N) is 4. The van der Waals surface area contributed by atoms with Crippen molar-refractivity contribution in [1.82, 2.24) is 20.2 Å². The molecule has 1 spiro atoms. The Kier molecular flexibility index (Phi) is 6.12. The van der Waals surface area contributed by atoms with Gasteiger partial charge in [-0.2, -0.15) is 5.06 Å². The summed E-state index contributed by atoms with van der Waals surface area (Å²) in [5.74, 6) is -0.175. The highest BCUT2D eigenvalue weighted by Gasteiger charge is 2.64. The molecule has 2 bridgehead atoms. The highest BCUT2D eigenvalue weighted by atomic mass is 16.7. The molecule has 34 heavy (non-hydrogen) atoms. The lowest BCUT2D eigenvalue weighted by molar-refractivity contribution is -0.185. The van der Waals surface area contributed by atoms with Crippen LogP contribution in [0.15, 0.2) is 4.42 Å². The molecule has 0 radical (unpaired) electrons. The SMILES string of the molecule is CC(C)(C)OC(=O)CCc1nnc([C@@H]2CC3(CC3)[C@@H]3CN2C(=O)N3OCC(=O)OC(C)(C)C)o1. The smallest absolute Gasteiger partial charge is 0.345 e. The summed E-state index contributed by atoms with van der Waals surface area (Å²) in [5.41, 5.74) is -1.27. The van der Waals surface area contributed by atoms with Crippen molar-refractivity contribution in [3.8, 4) is 0 Å². The van der Waals surface area contributed by atoms with Crippen LogP contribution in [0.3, 0.4) is 0 Å². The van der Waals surface area contributed by atoms with E-state index in [-0.39, 0.29) is 48.9 Å². The minimum absolute atomic E-state index is 0.0909. The van der Waals surface area contributed by atoms with Gasteiger partial charge in [0.1, 0.15) is 17.2 Å². The number of fused-ring (bicyclic) bond motifs is 3. The van der Waals surface area contributed by atoms with Gasteiger partial charge in [0.15, 0.2) is 6.61 Å². The number of piperidine rings is 1. The van der Waals surface area contributed by atoms with Crippen molar-refractivity contribution in [2.45, 2.75) is 96.9 Å². The van der Waals surface area contributed by atoms with Gasteiger partial charge in [-0.25, -0.2) is 9.59 Å². The van der Waals surface area contributed by atoms with Crippen molar-refractivity contribution < 1.29 is 33.1 Å². The number of hydrogen-bond donors (Lipinski definition) is 0. The van der Waals surface area contributed by atoms with Crippen LogP contribution in [0.5, 0.6) is 0 Å². The van der Waals surface area contributed by atoms with Crippen LogP contribution in [0.2, 0.25) is 0 Å². The van der Waals surface area contributed by atoms with Gasteiger partial charge in [-0.15, -0.1) is 10.2 Å². The second-order valence-corrected chi connectivity index (χ2v) is 11.3. The predicted octanol–water partition coefficient (Wildman–Crippen LogP) is 2.95. The number of hydrogen-bond acceptors (Lipinski definition) is 9. The molecule has 2 atom stereocenters. The first-order chi connectivity index (χ1) is 15.8. The Bertz CT molecular complexity index is 957. The Balaban J connectivity index is 1.40. The van der Waals surface area contributed by atoms with Crippen molar-refractivity contribution in [2.75, 3.05) is 13.2 Å². The van der Waals surface area contributed by atoms with Gasteiger partial charge in [0, 0.05) is 13.0 Å². The van der Waals surface area contributed by atoms with Crippen molar-refractivity contribution >= 4 is 18.0 Å². The Hall–Kier alpha value is -2.69. The van der Waals surface area contributed by atoms with E-state index < -0.39 is 17.2 Å². The van der Waals surface area contributed by atoms with Crippen LogP contribution in [-0.2, 0) is 30.3 Å². The number of aryl methyl sites for hydroxylation is 1. The molecule has 11 nitrogen and oxygen atoms in total. The summed E-state index contributed by atoms with van der Waals surface area (Å²) >= 11 is 0. The summed E-state index contributed by atoms with van der Waals surface area (Å²) in [4.78, 5) is 44.6. The number of carbonyl (C=O) groups is 3. The van der Waals surface area contributed by atoms with E-state index in [2.05, 4.69) is 10.2 Å². The number of urea groups is 1. The molecule has 11 heteroatoms. The van der Waals surface area contributed by atoms with E-state index in [1.165, 1.54) is 5.06 Å². The first-order valence-electron chi connectivity index (χ1n) is 11.8. The molecular formula is C23H34N4O7. The molecule has 1 aromatic rings. The van der Waals surface area contributed by atoms with E-state index in [0.29, 0.717) is 24.7 Å².